The number of carbonyl (C=O) groups excluding carboxylic acids is 2. The van der Waals surface area contributed by atoms with Crippen molar-refractivity contribution in [3.05, 3.63) is 59.2 Å². The first-order valence-electron chi connectivity index (χ1n) is 9.56. The number of carbonyl (C=O) groups is 2. The minimum Gasteiger partial charge on any atom is -0.486 e. The standard InChI is InChI=1S/C22H23NO4/c24-21(15-10-11-19-20(14-15)27-13-12-26-19)17-8-4-5-9-18(17)22(25)23-16-6-2-1-3-7-16/h4-5,8-11,14,16H,1-3,6-7,12-13H2,(H,23,25). The molecule has 1 aliphatic carbocycles. The zero-order valence-electron chi connectivity index (χ0n) is 15.2. The van der Waals surface area contributed by atoms with Crippen molar-refractivity contribution < 1.29 is 19.1 Å². The number of fused-ring (bicyclic) bond motifs is 1. The molecule has 1 fully saturated rings. The van der Waals surface area contributed by atoms with Gasteiger partial charge in [-0.1, -0.05) is 37.5 Å². The largest absolute Gasteiger partial charge is 0.486 e. The number of hydrogen-bond donors (Lipinski definition) is 1. The summed E-state index contributed by atoms with van der Waals surface area (Å²) in [5.74, 6) is 0.835. The lowest BCUT2D eigenvalue weighted by molar-refractivity contribution is 0.0918. The maximum atomic E-state index is 13.1. The number of ketones is 1. The van der Waals surface area contributed by atoms with E-state index >= 15 is 0 Å². The molecule has 0 unspecified atom stereocenters. The SMILES string of the molecule is O=C(NC1CCCCC1)c1ccccc1C(=O)c1ccc2c(c1)OCCO2. The lowest BCUT2D eigenvalue weighted by Crippen LogP contribution is -2.36. The molecule has 1 heterocycles. The van der Waals surface area contributed by atoms with Crippen LogP contribution in [0.25, 0.3) is 0 Å². The maximum Gasteiger partial charge on any atom is 0.252 e. The molecule has 27 heavy (non-hydrogen) atoms. The Balaban J connectivity index is 1.58. The molecule has 140 valence electrons. The Labute approximate surface area is 158 Å². The Morgan fingerprint density at radius 2 is 1.56 bits per heavy atom. The minimum atomic E-state index is -0.193. The Morgan fingerprint density at radius 3 is 2.33 bits per heavy atom. The molecular weight excluding hydrogens is 342 g/mol. The van der Waals surface area contributed by atoms with Crippen LogP contribution in [0.5, 0.6) is 11.5 Å². The monoisotopic (exact) mass is 365 g/mol. The van der Waals surface area contributed by atoms with Gasteiger partial charge in [-0.3, -0.25) is 9.59 Å². The van der Waals surface area contributed by atoms with Gasteiger partial charge in [0.15, 0.2) is 17.3 Å². The van der Waals surface area contributed by atoms with E-state index in [-0.39, 0.29) is 17.7 Å². The Bertz CT molecular complexity index is 855. The van der Waals surface area contributed by atoms with Crippen LogP contribution in [0.2, 0.25) is 0 Å². The Hall–Kier alpha value is -2.82. The molecule has 2 aliphatic rings. The van der Waals surface area contributed by atoms with Crippen molar-refractivity contribution >= 4 is 11.7 Å². The average Bonchev–Trinajstić information content (AvgIpc) is 2.73. The molecule has 0 spiro atoms. The number of amides is 1. The van der Waals surface area contributed by atoms with E-state index in [9.17, 15) is 9.59 Å². The second kappa shape index (κ2) is 7.82. The van der Waals surface area contributed by atoms with Crippen LogP contribution in [-0.2, 0) is 0 Å². The molecule has 1 N–H and O–H groups in total. The summed E-state index contributed by atoms with van der Waals surface area (Å²) in [5.41, 5.74) is 1.31. The predicted octanol–water partition coefficient (Wildman–Crippen LogP) is 3.75. The Morgan fingerprint density at radius 1 is 0.852 bits per heavy atom. The van der Waals surface area contributed by atoms with Crippen molar-refractivity contribution in [2.75, 3.05) is 13.2 Å². The van der Waals surface area contributed by atoms with Crippen LogP contribution >= 0.6 is 0 Å². The first-order chi connectivity index (χ1) is 13.2. The summed E-state index contributed by atoms with van der Waals surface area (Å²) < 4.78 is 11.1. The van der Waals surface area contributed by atoms with E-state index in [1.807, 2.05) is 0 Å². The summed E-state index contributed by atoms with van der Waals surface area (Å²) >= 11 is 0. The number of benzene rings is 2. The minimum absolute atomic E-state index is 0.177. The normalized spacial score (nSPS) is 16.6. The second-order valence-corrected chi connectivity index (χ2v) is 7.04. The second-order valence-electron chi connectivity index (χ2n) is 7.04. The lowest BCUT2D eigenvalue weighted by Gasteiger charge is -2.23. The molecule has 1 saturated carbocycles. The van der Waals surface area contributed by atoms with Crippen LogP contribution in [0, 0.1) is 0 Å². The van der Waals surface area contributed by atoms with Gasteiger partial charge in [-0.2, -0.15) is 0 Å². The molecule has 2 aromatic rings. The lowest BCUT2D eigenvalue weighted by atomic mass is 9.94. The molecule has 4 rings (SSSR count). The zero-order chi connectivity index (χ0) is 18.6. The highest BCUT2D eigenvalue weighted by Crippen LogP contribution is 2.31. The van der Waals surface area contributed by atoms with Crippen LogP contribution < -0.4 is 14.8 Å². The maximum absolute atomic E-state index is 13.1. The number of nitrogens with one attached hydrogen (secondary N) is 1. The van der Waals surface area contributed by atoms with Crippen molar-refractivity contribution in [2.45, 2.75) is 38.1 Å². The van der Waals surface area contributed by atoms with Crippen molar-refractivity contribution in [3.63, 3.8) is 0 Å². The summed E-state index contributed by atoms with van der Waals surface area (Å²) in [4.78, 5) is 25.9. The van der Waals surface area contributed by atoms with E-state index in [1.165, 1.54) is 6.42 Å². The molecule has 0 atom stereocenters. The van der Waals surface area contributed by atoms with Gasteiger partial charge in [0.1, 0.15) is 13.2 Å². The van der Waals surface area contributed by atoms with E-state index < -0.39 is 0 Å². The smallest absolute Gasteiger partial charge is 0.252 e. The number of rotatable bonds is 4. The molecule has 0 saturated heterocycles. The van der Waals surface area contributed by atoms with Crippen LogP contribution in [0.15, 0.2) is 42.5 Å². The predicted molar refractivity (Wildman–Crippen MR) is 102 cm³/mol. The number of hydrogen-bond acceptors (Lipinski definition) is 4. The molecule has 2 aromatic carbocycles. The van der Waals surface area contributed by atoms with Gasteiger partial charge in [0.25, 0.3) is 5.91 Å². The zero-order valence-corrected chi connectivity index (χ0v) is 15.2. The van der Waals surface area contributed by atoms with E-state index in [4.69, 9.17) is 9.47 Å². The van der Waals surface area contributed by atoms with Crippen LogP contribution in [0.3, 0.4) is 0 Å². The van der Waals surface area contributed by atoms with Gasteiger partial charge in [0.05, 0.1) is 5.56 Å². The summed E-state index contributed by atoms with van der Waals surface area (Å²) in [6, 6.07) is 12.3. The summed E-state index contributed by atoms with van der Waals surface area (Å²) in [6.07, 6.45) is 5.52. The quantitative estimate of drug-likeness (QED) is 0.838. The molecule has 1 aliphatic heterocycles. The third kappa shape index (κ3) is 3.82. The first kappa shape index (κ1) is 17.6. The van der Waals surface area contributed by atoms with E-state index in [0.717, 1.165) is 25.7 Å². The van der Waals surface area contributed by atoms with Gasteiger partial charge in [0, 0.05) is 17.2 Å². The van der Waals surface area contributed by atoms with Gasteiger partial charge in [-0.25, -0.2) is 0 Å². The molecule has 0 aromatic heterocycles. The van der Waals surface area contributed by atoms with Gasteiger partial charge in [0.2, 0.25) is 0 Å². The summed E-state index contributed by atoms with van der Waals surface area (Å²) in [7, 11) is 0. The van der Waals surface area contributed by atoms with Crippen molar-refractivity contribution in [1.29, 1.82) is 0 Å². The molecule has 1 amide bonds. The number of ether oxygens (including phenoxy) is 2. The fourth-order valence-electron chi connectivity index (χ4n) is 3.73. The highest BCUT2D eigenvalue weighted by atomic mass is 16.6. The van der Waals surface area contributed by atoms with Gasteiger partial charge in [-0.15, -0.1) is 0 Å². The Kier molecular flexibility index (Phi) is 5.10. The first-order valence-corrected chi connectivity index (χ1v) is 9.56. The molecule has 0 bridgehead atoms. The molecule has 5 heteroatoms. The topological polar surface area (TPSA) is 64.6 Å². The van der Waals surface area contributed by atoms with E-state index in [1.54, 1.807) is 42.5 Å². The van der Waals surface area contributed by atoms with Gasteiger partial charge < -0.3 is 14.8 Å². The summed E-state index contributed by atoms with van der Waals surface area (Å²) in [6.45, 7) is 0.968. The fraction of sp³-hybridized carbons (Fsp3) is 0.364. The van der Waals surface area contributed by atoms with Crippen LogP contribution in [0.4, 0.5) is 0 Å². The van der Waals surface area contributed by atoms with E-state index in [0.29, 0.717) is 41.4 Å². The highest BCUT2D eigenvalue weighted by Gasteiger charge is 2.22. The van der Waals surface area contributed by atoms with E-state index in [2.05, 4.69) is 5.32 Å². The average molecular weight is 365 g/mol. The van der Waals surface area contributed by atoms with Gasteiger partial charge in [-0.05, 0) is 37.1 Å². The molecular formula is C22H23NO4. The van der Waals surface area contributed by atoms with Crippen molar-refractivity contribution in [2.24, 2.45) is 0 Å². The van der Waals surface area contributed by atoms with Crippen molar-refractivity contribution in [1.82, 2.24) is 5.32 Å². The molecule has 0 radical (unpaired) electrons. The fourth-order valence-corrected chi connectivity index (χ4v) is 3.73. The van der Waals surface area contributed by atoms with Gasteiger partial charge >= 0.3 is 0 Å². The highest BCUT2D eigenvalue weighted by molar-refractivity contribution is 6.15. The third-order valence-corrected chi connectivity index (χ3v) is 5.16. The summed E-state index contributed by atoms with van der Waals surface area (Å²) in [5, 5.41) is 3.10. The molecule has 5 nitrogen and oxygen atoms in total. The van der Waals surface area contributed by atoms with Crippen molar-refractivity contribution in [3.8, 4) is 11.5 Å². The van der Waals surface area contributed by atoms with Crippen LogP contribution in [0.1, 0.15) is 58.4 Å². The van der Waals surface area contributed by atoms with Crippen LogP contribution in [-0.4, -0.2) is 30.9 Å². The third-order valence-electron chi connectivity index (χ3n) is 5.16.